The highest BCUT2D eigenvalue weighted by molar-refractivity contribution is 7.98. The first-order valence-corrected chi connectivity index (χ1v) is 6.67. The molecule has 0 bridgehead atoms. The predicted octanol–water partition coefficient (Wildman–Crippen LogP) is 0.979. The van der Waals surface area contributed by atoms with E-state index in [2.05, 4.69) is 0 Å². The van der Waals surface area contributed by atoms with Crippen molar-refractivity contribution in [2.45, 2.75) is 18.6 Å². The Kier molecular flexibility index (Phi) is 2.67. The third kappa shape index (κ3) is 1.56. The molecule has 1 aliphatic heterocycles. The lowest BCUT2D eigenvalue weighted by molar-refractivity contribution is -0.120. The number of hydrogen-bond acceptors (Lipinski definition) is 4. The highest BCUT2D eigenvalue weighted by Gasteiger charge is 2.61. The number of halogens is 1. The zero-order valence-corrected chi connectivity index (χ0v) is 10.9. The van der Waals surface area contributed by atoms with Crippen LogP contribution in [0.15, 0.2) is 18.2 Å². The van der Waals surface area contributed by atoms with Gasteiger partial charge in [-0.1, -0.05) is 6.07 Å². The Hall–Kier alpha value is -1.96. The molecule has 0 unspecified atom stereocenters. The molecule has 1 aliphatic rings. The molecule has 1 fully saturated rings. The van der Waals surface area contributed by atoms with Gasteiger partial charge in [-0.3, -0.25) is 4.79 Å². The van der Waals surface area contributed by atoms with Gasteiger partial charge in [0.1, 0.15) is 11.4 Å². The Morgan fingerprint density at radius 3 is 2.42 bits per heavy atom. The number of nitrogens with zero attached hydrogens (tertiary/aromatic N) is 1. The van der Waals surface area contributed by atoms with E-state index in [9.17, 15) is 22.4 Å². The van der Waals surface area contributed by atoms with Gasteiger partial charge < -0.3 is 5.11 Å². The van der Waals surface area contributed by atoms with E-state index in [0.717, 1.165) is 18.2 Å². The van der Waals surface area contributed by atoms with Crippen molar-refractivity contribution < 1.29 is 27.5 Å². The molecule has 6 nitrogen and oxygen atoms in total. The first-order chi connectivity index (χ1) is 8.62. The molecule has 1 saturated heterocycles. The summed E-state index contributed by atoms with van der Waals surface area (Å²) >= 11 is 0. The van der Waals surface area contributed by atoms with Crippen molar-refractivity contribution in [3.63, 3.8) is 0 Å². The van der Waals surface area contributed by atoms with Crippen molar-refractivity contribution in [1.29, 1.82) is 0 Å². The normalized spacial score (nSPS) is 19.9. The Bertz CT molecular complexity index is 695. The van der Waals surface area contributed by atoms with Crippen LogP contribution >= 0.6 is 0 Å². The Labute approximate surface area is 108 Å². The fourth-order valence-electron chi connectivity index (χ4n) is 1.79. The lowest BCUT2D eigenvalue weighted by Crippen LogP contribution is -2.68. The molecule has 0 aromatic heterocycles. The molecular formula is C11H10FNO5S. The number of sulfonamides is 1. The van der Waals surface area contributed by atoms with Gasteiger partial charge in [-0.25, -0.2) is 21.9 Å². The summed E-state index contributed by atoms with van der Waals surface area (Å²) in [5.74, 6) is -3.53. The molecule has 2 rings (SSSR count). The number of carboxylic acids is 1. The van der Waals surface area contributed by atoms with Gasteiger partial charge in [-0.15, -0.1) is 0 Å². The van der Waals surface area contributed by atoms with Crippen LogP contribution in [-0.4, -0.2) is 30.1 Å². The second kappa shape index (κ2) is 3.77. The molecule has 0 atom stereocenters. The Balaban J connectivity index is 2.67. The number of amides is 1. The summed E-state index contributed by atoms with van der Waals surface area (Å²) in [7, 11) is -4.02. The minimum atomic E-state index is -4.02. The van der Waals surface area contributed by atoms with Crippen LogP contribution in [0.4, 0.5) is 10.1 Å². The second-order valence-electron chi connectivity index (χ2n) is 4.52. The van der Waals surface area contributed by atoms with Crippen molar-refractivity contribution in [1.82, 2.24) is 0 Å². The number of anilines is 1. The molecule has 1 aromatic rings. The summed E-state index contributed by atoms with van der Waals surface area (Å²) in [6.45, 7) is 2.42. The molecule has 0 radical (unpaired) electrons. The van der Waals surface area contributed by atoms with Crippen molar-refractivity contribution in [2.75, 3.05) is 4.31 Å². The van der Waals surface area contributed by atoms with Crippen LogP contribution in [0.1, 0.15) is 24.2 Å². The molecule has 102 valence electrons. The largest absolute Gasteiger partial charge is 0.478 e. The van der Waals surface area contributed by atoms with E-state index < -0.39 is 43.7 Å². The first-order valence-electron chi connectivity index (χ1n) is 5.23. The van der Waals surface area contributed by atoms with Crippen LogP contribution in [-0.2, 0) is 14.8 Å². The van der Waals surface area contributed by atoms with Crippen LogP contribution < -0.4 is 4.31 Å². The molecular weight excluding hydrogens is 277 g/mol. The summed E-state index contributed by atoms with van der Waals surface area (Å²) in [6, 6.07) is 3.11. The van der Waals surface area contributed by atoms with E-state index in [1.165, 1.54) is 13.8 Å². The van der Waals surface area contributed by atoms with Crippen molar-refractivity contribution >= 4 is 27.6 Å². The van der Waals surface area contributed by atoms with Crippen LogP contribution in [0, 0.1) is 5.82 Å². The Morgan fingerprint density at radius 2 is 1.95 bits per heavy atom. The summed E-state index contributed by atoms with van der Waals surface area (Å²) in [5.41, 5.74) is -1.31. The van der Waals surface area contributed by atoms with Crippen LogP contribution in [0.3, 0.4) is 0 Å². The third-order valence-corrected chi connectivity index (χ3v) is 5.32. The van der Waals surface area contributed by atoms with Crippen LogP contribution in [0.2, 0.25) is 0 Å². The second-order valence-corrected chi connectivity index (χ2v) is 6.86. The standard InChI is InChI=1S/C11H10FNO5S/c1-11(2)10(16)13(19(11,17)18)7-5-3-4-6(12)8(7)9(14)15/h3-5H,1-2H3,(H,14,15). The lowest BCUT2D eigenvalue weighted by atomic mass is 10.1. The topological polar surface area (TPSA) is 91.8 Å². The van der Waals surface area contributed by atoms with Crippen molar-refractivity contribution in [2.24, 2.45) is 0 Å². The molecule has 1 N–H and O–H groups in total. The number of carboxylic acid groups (broad SMARTS) is 1. The van der Waals surface area contributed by atoms with Gasteiger partial charge in [0.25, 0.3) is 15.9 Å². The molecule has 0 saturated carbocycles. The molecule has 0 aliphatic carbocycles. The summed E-state index contributed by atoms with van der Waals surface area (Å²) in [4.78, 5) is 22.8. The van der Waals surface area contributed by atoms with E-state index in [4.69, 9.17) is 5.11 Å². The van der Waals surface area contributed by atoms with Gasteiger partial charge in [0.05, 0.1) is 5.69 Å². The minimum absolute atomic E-state index is 0.333. The van der Waals surface area contributed by atoms with Crippen LogP contribution in [0.25, 0.3) is 0 Å². The van der Waals surface area contributed by atoms with Crippen LogP contribution in [0.5, 0.6) is 0 Å². The van der Waals surface area contributed by atoms with Crippen molar-refractivity contribution in [3.05, 3.63) is 29.6 Å². The maximum atomic E-state index is 13.5. The SMILES string of the molecule is CC1(C)C(=O)N(c2cccc(F)c2C(=O)O)S1(=O)=O. The molecule has 0 spiro atoms. The van der Waals surface area contributed by atoms with E-state index in [-0.39, 0.29) is 0 Å². The third-order valence-electron chi connectivity index (χ3n) is 3.01. The monoisotopic (exact) mass is 287 g/mol. The smallest absolute Gasteiger partial charge is 0.340 e. The fraction of sp³-hybridized carbons (Fsp3) is 0.273. The van der Waals surface area contributed by atoms with E-state index in [1.807, 2.05) is 0 Å². The maximum Gasteiger partial charge on any atom is 0.340 e. The molecule has 8 heteroatoms. The number of carbonyl (C=O) groups excluding carboxylic acids is 1. The maximum absolute atomic E-state index is 13.5. The van der Waals surface area contributed by atoms with Gasteiger partial charge in [0, 0.05) is 0 Å². The number of aromatic carboxylic acids is 1. The number of hydrogen-bond donors (Lipinski definition) is 1. The zero-order valence-electron chi connectivity index (χ0n) is 10.0. The lowest BCUT2D eigenvalue weighted by Gasteiger charge is -2.43. The van der Waals surface area contributed by atoms with E-state index >= 15 is 0 Å². The summed E-state index contributed by atoms with van der Waals surface area (Å²) < 4.78 is 36.1. The highest BCUT2D eigenvalue weighted by atomic mass is 32.2. The van der Waals surface area contributed by atoms with Gasteiger partial charge in [-0.2, -0.15) is 0 Å². The Morgan fingerprint density at radius 1 is 1.37 bits per heavy atom. The van der Waals surface area contributed by atoms with Gasteiger partial charge in [0.2, 0.25) is 0 Å². The van der Waals surface area contributed by atoms with Gasteiger partial charge >= 0.3 is 5.97 Å². The quantitative estimate of drug-likeness (QED) is 0.875. The van der Waals surface area contributed by atoms with Gasteiger partial charge in [0.15, 0.2) is 4.75 Å². The summed E-state index contributed by atoms with van der Waals surface area (Å²) in [5, 5.41) is 8.93. The molecule has 1 amide bonds. The van der Waals surface area contributed by atoms with Gasteiger partial charge in [-0.05, 0) is 26.0 Å². The van der Waals surface area contributed by atoms with E-state index in [0.29, 0.717) is 4.31 Å². The summed E-state index contributed by atoms with van der Waals surface area (Å²) in [6.07, 6.45) is 0. The average Bonchev–Trinajstić information content (AvgIpc) is 2.28. The molecule has 19 heavy (non-hydrogen) atoms. The minimum Gasteiger partial charge on any atom is -0.478 e. The number of carbonyl (C=O) groups is 2. The van der Waals surface area contributed by atoms with E-state index in [1.54, 1.807) is 0 Å². The highest BCUT2D eigenvalue weighted by Crippen LogP contribution is 2.40. The zero-order chi connectivity index (χ0) is 14.6. The predicted molar refractivity (Wildman–Crippen MR) is 63.8 cm³/mol. The number of rotatable bonds is 2. The molecule has 1 aromatic carbocycles. The molecule has 1 heterocycles. The first kappa shape index (κ1) is 13.5. The van der Waals surface area contributed by atoms with Crippen molar-refractivity contribution in [3.8, 4) is 0 Å². The fourth-order valence-corrected chi connectivity index (χ4v) is 3.28. The number of benzene rings is 1. The average molecular weight is 287 g/mol.